The van der Waals surface area contributed by atoms with Crippen molar-refractivity contribution in [1.29, 1.82) is 0 Å². The first kappa shape index (κ1) is 13.2. The minimum Gasteiger partial charge on any atom is -0.316 e. The zero-order chi connectivity index (χ0) is 12.8. The van der Waals surface area contributed by atoms with Crippen molar-refractivity contribution in [2.45, 2.75) is 32.2 Å². The Labute approximate surface area is 113 Å². The van der Waals surface area contributed by atoms with Gasteiger partial charge in [0.25, 0.3) is 0 Å². The fourth-order valence-corrected chi connectivity index (χ4v) is 3.05. The molecule has 0 radical (unpaired) electrons. The fourth-order valence-electron chi connectivity index (χ4n) is 2.01. The van der Waals surface area contributed by atoms with Crippen LogP contribution in [0.15, 0.2) is 36.5 Å². The van der Waals surface area contributed by atoms with E-state index in [0.717, 1.165) is 25.0 Å². The van der Waals surface area contributed by atoms with E-state index in [0.29, 0.717) is 6.04 Å². The monoisotopic (exact) mass is 260 g/mol. The Bertz CT molecular complexity index is 464. The molecule has 2 heterocycles. The van der Waals surface area contributed by atoms with Gasteiger partial charge < -0.3 is 5.32 Å². The van der Waals surface area contributed by atoms with E-state index in [2.05, 4.69) is 41.5 Å². The third-order valence-electron chi connectivity index (χ3n) is 3.10. The van der Waals surface area contributed by atoms with Gasteiger partial charge in [-0.25, -0.2) is 0 Å². The molecule has 2 aromatic rings. The molecule has 1 unspecified atom stereocenters. The van der Waals surface area contributed by atoms with E-state index >= 15 is 0 Å². The largest absolute Gasteiger partial charge is 0.316 e. The second-order valence-electron chi connectivity index (χ2n) is 4.44. The smallest absolute Gasteiger partial charge is 0.0419 e. The number of nitrogens with zero attached hydrogens (tertiary/aromatic N) is 1. The van der Waals surface area contributed by atoms with Crippen LogP contribution in [-0.2, 0) is 19.3 Å². The van der Waals surface area contributed by atoms with Gasteiger partial charge >= 0.3 is 0 Å². The third-order valence-corrected chi connectivity index (χ3v) is 4.36. The van der Waals surface area contributed by atoms with E-state index in [1.165, 1.54) is 9.75 Å². The van der Waals surface area contributed by atoms with E-state index in [4.69, 9.17) is 0 Å². The molecule has 0 aliphatic carbocycles. The SMILES string of the molecule is CCc1ccc(CC(Cc2ccccn2)NC)s1. The molecule has 1 atom stereocenters. The Kier molecular flexibility index (Phi) is 4.90. The predicted octanol–water partition coefficient (Wildman–Crippen LogP) is 3.08. The van der Waals surface area contributed by atoms with E-state index in [1.54, 1.807) is 0 Å². The maximum Gasteiger partial charge on any atom is 0.0419 e. The number of rotatable bonds is 6. The number of pyridine rings is 1. The van der Waals surface area contributed by atoms with Crippen LogP contribution in [0.3, 0.4) is 0 Å². The summed E-state index contributed by atoms with van der Waals surface area (Å²) in [7, 11) is 2.03. The first-order chi connectivity index (χ1) is 8.81. The van der Waals surface area contributed by atoms with Gasteiger partial charge in [-0.3, -0.25) is 4.98 Å². The lowest BCUT2D eigenvalue weighted by atomic mass is 10.1. The molecule has 0 aromatic carbocycles. The van der Waals surface area contributed by atoms with Gasteiger partial charge in [-0.15, -0.1) is 11.3 Å². The van der Waals surface area contributed by atoms with Gasteiger partial charge in [0, 0.05) is 34.1 Å². The Morgan fingerprint density at radius 2 is 2.00 bits per heavy atom. The maximum atomic E-state index is 4.39. The van der Waals surface area contributed by atoms with Crippen molar-refractivity contribution in [3.63, 3.8) is 0 Å². The van der Waals surface area contributed by atoms with Crippen LogP contribution in [0.25, 0.3) is 0 Å². The van der Waals surface area contributed by atoms with Gasteiger partial charge in [0.2, 0.25) is 0 Å². The van der Waals surface area contributed by atoms with Crippen molar-refractivity contribution in [3.05, 3.63) is 52.0 Å². The van der Waals surface area contributed by atoms with Crippen LogP contribution >= 0.6 is 11.3 Å². The molecule has 0 saturated heterocycles. The number of likely N-dealkylation sites (N-methyl/N-ethyl adjacent to an activating group) is 1. The molecule has 2 aromatic heterocycles. The summed E-state index contributed by atoms with van der Waals surface area (Å²) in [6.45, 7) is 2.21. The molecule has 3 heteroatoms. The lowest BCUT2D eigenvalue weighted by molar-refractivity contribution is 0.554. The summed E-state index contributed by atoms with van der Waals surface area (Å²) in [6.07, 6.45) is 5.06. The number of thiophene rings is 1. The van der Waals surface area contributed by atoms with E-state index in [1.807, 2.05) is 30.6 Å². The number of aryl methyl sites for hydroxylation is 1. The minimum atomic E-state index is 0.461. The molecule has 0 saturated carbocycles. The average Bonchev–Trinajstić information content (AvgIpc) is 2.87. The van der Waals surface area contributed by atoms with Gasteiger partial charge in [-0.05, 0) is 44.2 Å². The van der Waals surface area contributed by atoms with E-state index < -0.39 is 0 Å². The molecule has 0 bridgehead atoms. The molecular weight excluding hydrogens is 240 g/mol. The Balaban J connectivity index is 1.97. The molecule has 0 amide bonds. The topological polar surface area (TPSA) is 24.9 Å². The van der Waals surface area contributed by atoms with Crippen molar-refractivity contribution in [2.24, 2.45) is 0 Å². The van der Waals surface area contributed by atoms with Crippen LogP contribution < -0.4 is 5.32 Å². The number of aromatic nitrogens is 1. The molecule has 1 N–H and O–H groups in total. The normalized spacial score (nSPS) is 12.6. The summed E-state index contributed by atoms with van der Waals surface area (Å²) in [6, 6.07) is 11.1. The number of nitrogens with one attached hydrogen (secondary N) is 1. The molecular formula is C15H20N2S. The van der Waals surface area contributed by atoms with Crippen LogP contribution in [-0.4, -0.2) is 18.1 Å². The average molecular weight is 260 g/mol. The van der Waals surface area contributed by atoms with Gasteiger partial charge in [0.15, 0.2) is 0 Å². The van der Waals surface area contributed by atoms with E-state index in [9.17, 15) is 0 Å². The summed E-state index contributed by atoms with van der Waals surface area (Å²) in [5.74, 6) is 0. The molecule has 0 spiro atoms. The Morgan fingerprint density at radius 1 is 1.17 bits per heavy atom. The first-order valence-electron chi connectivity index (χ1n) is 6.46. The first-order valence-corrected chi connectivity index (χ1v) is 7.28. The molecule has 0 aliphatic heterocycles. The highest BCUT2D eigenvalue weighted by Gasteiger charge is 2.10. The van der Waals surface area contributed by atoms with Crippen LogP contribution in [0.5, 0.6) is 0 Å². The van der Waals surface area contributed by atoms with Gasteiger partial charge in [0.05, 0.1) is 0 Å². The summed E-state index contributed by atoms with van der Waals surface area (Å²) in [5, 5.41) is 3.39. The maximum absolute atomic E-state index is 4.39. The Hall–Kier alpha value is -1.19. The highest BCUT2D eigenvalue weighted by atomic mass is 32.1. The van der Waals surface area contributed by atoms with Crippen molar-refractivity contribution in [3.8, 4) is 0 Å². The van der Waals surface area contributed by atoms with Crippen molar-refractivity contribution >= 4 is 11.3 Å². The summed E-state index contributed by atoms with van der Waals surface area (Å²) in [5.41, 5.74) is 1.16. The van der Waals surface area contributed by atoms with E-state index in [-0.39, 0.29) is 0 Å². The zero-order valence-electron chi connectivity index (χ0n) is 11.0. The molecule has 0 aliphatic rings. The lowest BCUT2D eigenvalue weighted by Gasteiger charge is -2.14. The van der Waals surface area contributed by atoms with Crippen LogP contribution in [0.2, 0.25) is 0 Å². The molecule has 2 rings (SSSR count). The molecule has 2 nitrogen and oxygen atoms in total. The predicted molar refractivity (Wildman–Crippen MR) is 78.2 cm³/mol. The van der Waals surface area contributed by atoms with Crippen molar-refractivity contribution in [2.75, 3.05) is 7.05 Å². The lowest BCUT2D eigenvalue weighted by Crippen LogP contribution is -2.29. The quantitative estimate of drug-likeness (QED) is 0.863. The second kappa shape index (κ2) is 6.66. The van der Waals surface area contributed by atoms with Crippen molar-refractivity contribution < 1.29 is 0 Å². The molecule has 0 fully saturated rings. The summed E-state index contributed by atoms with van der Waals surface area (Å²) < 4.78 is 0. The van der Waals surface area contributed by atoms with Gasteiger partial charge in [-0.1, -0.05) is 13.0 Å². The Morgan fingerprint density at radius 3 is 2.61 bits per heavy atom. The fraction of sp³-hybridized carbons (Fsp3) is 0.400. The highest BCUT2D eigenvalue weighted by molar-refractivity contribution is 7.11. The van der Waals surface area contributed by atoms with Crippen LogP contribution in [0.4, 0.5) is 0 Å². The summed E-state index contributed by atoms with van der Waals surface area (Å²) in [4.78, 5) is 7.32. The second-order valence-corrected chi connectivity index (χ2v) is 5.69. The number of hydrogen-bond acceptors (Lipinski definition) is 3. The zero-order valence-corrected chi connectivity index (χ0v) is 11.8. The summed E-state index contributed by atoms with van der Waals surface area (Å²) >= 11 is 1.93. The van der Waals surface area contributed by atoms with Crippen LogP contribution in [0.1, 0.15) is 22.4 Å². The molecule has 96 valence electrons. The highest BCUT2D eigenvalue weighted by Crippen LogP contribution is 2.19. The minimum absolute atomic E-state index is 0.461. The number of hydrogen-bond donors (Lipinski definition) is 1. The van der Waals surface area contributed by atoms with Gasteiger partial charge in [-0.2, -0.15) is 0 Å². The standard InChI is InChI=1S/C15H20N2S/c1-3-14-7-8-15(18-14)11-13(16-2)10-12-6-4-5-9-17-12/h4-9,13,16H,3,10-11H2,1-2H3. The van der Waals surface area contributed by atoms with Crippen molar-refractivity contribution in [1.82, 2.24) is 10.3 Å². The third kappa shape index (κ3) is 3.65. The van der Waals surface area contributed by atoms with Gasteiger partial charge in [0.1, 0.15) is 0 Å². The molecule has 18 heavy (non-hydrogen) atoms. The van der Waals surface area contributed by atoms with Crippen LogP contribution in [0, 0.1) is 0 Å².